The van der Waals surface area contributed by atoms with Gasteiger partial charge >= 0.3 is 17.1 Å². The zero-order valence-electron chi connectivity index (χ0n) is 3.87. The third kappa shape index (κ3) is 170. The van der Waals surface area contributed by atoms with Crippen molar-refractivity contribution < 1.29 is 41.9 Å². The molecule has 7 heavy (non-hydrogen) atoms. The van der Waals surface area contributed by atoms with Gasteiger partial charge in [0.2, 0.25) is 0 Å². The third-order valence-electron chi connectivity index (χ3n) is 0. The smallest absolute Gasteiger partial charge is 1.00 e. The van der Waals surface area contributed by atoms with Gasteiger partial charge in [0, 0.05) is 6.17 Å². The maximum Gasteiger partial charge on any atom is 2.00 e. The minimum absolute atomic E-state index is 0. The van der Waals surface area contributed by atoms with Crippen molar-refractivity contribution in [2.75, 3.05) is 0 Å². The Labute approximate surface area is 66.7 Å². The van der Waals surface area contributed by atoms with Gasteiger partial charge in [-0.25, -0.2) is 0 Å². The van der Waals surface area contributed by atoms with Crippen molar-refractivity contribution in [2.24, 2.45) is 11.5 Å². The molecular weight excluding hydrogens is 178 g/mol. The van der Waals surface area contributed by atoms with Crippen LogP contribution in [0.4, 0.5) is 0 Å². The fourth-order valence-electron chi connectivity index (χ4n) is 0. The summed E-state index contributed by atoms with van der Waals surface area (Å²) in [7, 11) is 0. The zero-order valence-corrected chi connectivity index (χ0v) is 6.56. The van der Waals surface area contributed by atoms with Crippen LogP contribution >= 0.6 is 0 Å². The first-order valence-corrected chi connectivity index (χ1v) is 1.24. The Balaban J connectivity index is -0.0000000150. The van der Waals surface area contributed by atoms with Gasteiger partial charge in [-0.3, -0.25) is 0 Å². The molecule has 0 aromatic carbocycles. The van der Waals surface area contributed by atoms with E-state index in [1.54, 1.807) is 6.92 Å². The summed E-state index contributed by atoms with van der Waals surface area (Å²) < 4.78 is 0. The van der Waals surface area contributed by atoms with Crippen LogP contribution in [0.2, 0.25) is 0 Å². The molecule has 4 N–H and O–H groups in total. The maximum atomic E-state index is 4.89. The molecule has 5 heteroatoms. The molecule has 0 fully saturated rings. The van der Waals surface area contributed by atoms with Crippen molar-refractivity contribution in [3.63, 3.8) is 0 Å². The number of nitrogens with two attached hydrogens (primary N) is 2. The second kappa shape index (κ2) is 15.7. The standard InChI is InChI=1S/C2H8N2.2ClH.Mn/c1-2(3)4;;;/h2H,3-4H2,1H3;2*1H;/q;;;+2/p-2. The van der Waals surface area contributed by atoms with Crippen molar-refractivity contribution >= 4 is 0 Å². The van der Waals surface area contributed by atoms with Gasteiger partial charge in [-0.1, -0.05) is 0 Å². The first-order valence-electron chi connectivity index (χ1n) is 1.24. The monoisotopic (exact) mass is 185 g/mol. The van der Waals surface area contributed by atoms with Gasteiger partial charge in [-0.05, 0) is 6.92 Å². The molecule has 47 valence electrons. The fourth-order valence-corrected chi connectivity index (χ4v) is 0. The minimum Gasteiger partial charge on any atom is -1.00 e. The third-order valence-corrected chi connectivity index (χ3v) is 0. The maximum absolute atomic E-state index is 4.89. The van der Waals surface area contributed by atoms with Gasteiger partial charge in [0.05, 0.1) is 0 Å². The Hall–Kier alpha value is 1.02. The molecule has 0 rings (SSSR count). The summed E-state index contributed by atoms with van der Waals surface area (Å²) in [6, 6.07) is 0. The molecule has 0 aliphatic rings. The summed E-state index contributed by atoms with van der Waals surface area (Å²) >= 11 is 0. The predicted molar refractivity (Wildman–Crippen MR) is 17.8 cm³/mol. The average Bonchev–Trinajstić information content (AvgIpc) is 0.811. The SMILES string of the molecule is CC(N)N.[Cl-].[Cl-].[Mn+2]. The zero-order chi connectivity index (χ0) is 3.58. The number of hydrogen-bond donors (Lipinski definition) is 2. The van der Waals surface area contributed by atoms with E-state index in [1.807, 2.05) is 0 Å². The molecule has 0 amide bonds. The van der Waals surface area contributed by atoms with Crippen LogP contribution in [-0.2, 0) is 17.1 Å². The van der Waals surface area contributed by atoms with Crippen molar-refractivity contribution in [3.8, 4) is 0 Å². The first kappa shape index (κ1) is 24.5. The van der Waals surface area contributed by atoms with Crippen LogP contribution in [0.5, 0.6) is 0 Å². The van der Waals surface area contributed by atoms with Crippen LogP contribution in [0, 0.1) is 0 Å². The van der Waals surface area contributed by atoms with Gasteiger partial charge in [0.25, 0.3) is 0 Å². The summed E-state index contributed by atoms with van der Waals surface area (Å²) in [5, 5.41) is 0. The van der Waals surface area contributed by atoms with Gasteiger partial charge in [0.15, 0.2) is 0 Å². The molecule has 0 atom stereocenters. The van der Waals surface area contributed by atoms with Crippen LogP contribution in [0.3, 0.4) is 0 Å². The molecule has 0 aliphatic carbocycles. The second-order valence-electron chi connectivity index (χ2n) is 0.859. The van der Waals surface area contributed by atoms with Crippen molar-refractivity contribution in [1.82, 2.24) is 0 Å². The number of rotatable bonds is 0. The molecule has 0 aromatic rings. The Morgan fingerprint density at radius 3 is 1.14 bits per heavy atom. The molecule has 0 heterocycles. The van der Waals surface area contributed by atoms with Crippen LogP contribution in [0.25, 0.3) is 0 Å². The largest absolute Gasteiger partial charge is 2.00 e. The van der Waals surface area contributed by atoms with E-state index in [9.17, 15) is 0 Å². The summed E-state index contributed by atoms with van der Waals surface area (Å²) in [6.45, 7) is 1.72. The van der Waals surface area contributed by atoms with Crippen LogP contribution in [-0.4, -0.2) is 6.17 Å². The summed E-state index contributed by atoms with van der Waals surface area (Å²) in [6.07, 6.45) is -0.167. The van der Waals surface area contributed by atoms with E-state index in [2.05, 4.69) is 0 Å². The summed E-state index contributed by atoms with van der Waals surface area (Å²) in [4.78, 5) is 0. The molecule has 0 spiro atoms. The van der Waals surface area contributed by atoms with Crippen LogP contribution in [0.15, 0.2) is 0 Å². The molecule has 0 unspecified atom stereocenters. The number of hydrogen-bond acceptors (Lipinski definition) is 2. The minimum atomic E-state index is -0.167. The van der Waals surface area contributed by atoms with Gasteiger partial charge in [0.1, 0.15) is 0 Å². The molecule has 0 saturated carbocycles. The van der Waals surface area contributed by atoms with Gasteiger partial charge in [-0.2, -0.15) is 0 Å². The topological polar surface area (TPSA) is 52.0 Å². The molecule has 1 radical (unpaired) electrons. The second-order valence-corrected chi connectivity index (χ2v) is 0.859. The Bertz CT molecular complexity index is 18.4. The van der Waals surface area contributed by atoms with E-state index >= 15 is 0 Å². The van der Waals surface area contributed by atoms with E-state index in [0.717, 1.165) is 0 Å². The van der Waals surface area contributed by atoms with E-state index in [0.29, 0.717) is 0 Å². The van der Waals surface area contributed by atoms with E-state index in [4.69, 9.17) is 11.5 Å². The quantitative estimate of drug-likeness (QED) is 0.292. The molecule has 0 aliphatic heterocycles. The molecular formula is C2H8Cl2MnN2. The Kier molecular flexibility index (Phi) is 55.0. The molecule has 0 bridgehead atoms. The fraction of sp³-hybridized carbons (Fsp3) is 1.00. The van der Waals surface area contributed by atoms with Crippen LogP contribution < -0.4 is 36.3 Å². The average molecular weight is 186 g/mol. The molecule has 0 saturated heterocycles. The van der Waals surface area contributed by atoms with Crippen LogP contribution in [0.1, 0.15) is 6.92 Å². The predicted octanol–water partition coefficient (Wildman–Crippen LogP) is -6.74. The molecule has 2 nitrogen and oxygen atoms in total. The van der Waals surface area contributed by atoms with Crippen molar-refractivity contribution in [1.29, 1.82) is 0 Å². The summed E-state index contributed by atoms with van der Waals surface area (Å²) in [5.41, 5.74) is 9.78. The van der Waals surface area contributed by atoms with Crippen molar-refractivity contribution in [2.45, 2.75) is 13.1 Å². The van der Waals surface area contributed by atoms with E-state index in [1.165, 1.54) is 0 Å². The normalized spacial score (nSPS) is 5.14. The number of halogens is 2. The van der Waals surface area contributed by atoms with Gasteiger partial charge < -0.3 is 36.3 Å². The van der Waals surface area contributed by atoms with Crippen molar-refractivity contribution in [3.05, 3.63) is 0 Å². The van der Waals surface area contributed by atoms with E-state index in [-0.39, 0.29) is 48.0 Å². The Morgan fingerprint density at radius 2 is 1.14 bits per heavy atom. The van der Waals surface area contributed by atoms with Gasteiger partial charge in [-0.15, -0.1) is 0 Å². The molecule has 0 aromatic heterocycles. The Morgan fingerprint density at radius 1 is 1.14 bits per heavy atom. The van der Waals surface area contributed by atoms with E-state index < -0.39 is 0 Å². The first-order chi connectivity index (χ1) is 1.73. The summed E-state index contributed by atoms with van der Waals surface area (Å²) in [5.74, 6) is 0.